The van der Waals surface area contributed by atoms with Gasteiger partial charge in [0.1, 0.15) is 5.01 Å². The molecule has 1 fully saturated rings. The third-order valence-electron chi connectivity index (χ3n) is 3.10. The van der Waals surface area contributed by atoms with Gasteiger partial charge in [-0.25, -0.2) is 4.79 Å². The molecule has 2 aromatic heterocycles. The van der Waals surface area contributed by atoms with Crippen molar-refractivity contribution in [3.8, 4) is 5.13 Å². The van der Waals surface area contributed by atoms with E-state index in [0.29, 0.717) is 10.8 Å². The highest BCUT2D eigenvalue weighted by Crippen LogP contribution is 2.38. The van der Waals surface area contributed by atoms with E-state index in [9.17, 15) is 4.79 Å². The Bertz CT molecular complexity index is 601. The van der Waals surface area contributed by atoms with Crippen LogP contribution in [0.3, 0.4) is 0 Å². The van der Waals surface area contributed by atoms with Gasteiger partial charge in [0.25, 0.3) is 0 Å². The molecule has 0 amide bonds. The van der Waals surface area contributed by atoms with E-state index >= 15 is 0 Å². The number of hydrogen-bond acceptors (Lipinski definition) is 6. The van der Waals surface area contributed by atoms with Crippen molar-refractivity contribution in [1.29, 1.82) is 0 Å². The maximum Gasteiger partial charge on any atom is 0.358 e. The first-order valence-corrected chi connectivity index (χ1v) is 6.48. The first-order chi connectivity index (χ1) is 8.66. The van der Waals surface area contributed by atoms with E-state index in [1.54, 1.807) is 0 Å². The van der Waals surface area contributed by atoms with Crippen molar-refractivity contribution in [1.82, 2.24) is 25.2 Å². The summed E-state index contributed by atoms with van der Waals surface area (Å²) in [6, 6.07) is 0. The van der Waals surface area contributed by atoms with Gasteiger partial charge in [-0.3, -0.25) is 0 Å². The monoisotopic (exact) mass is 265 g/mol. The number of carboxylic acid groups (broad SMARTS) is 1. The molecule has 0 aromatic carbocycles. The molecule has 0 atom stereocenters. The standard InChI is InChI=1S/C10H11N5O2S/c1-5-11-13-10(18-5)15-8(6-3-2-4-6)7(9(16)17)12-14-15/h6H,2-4H2,1H3,(H,16,17). The van der Waals surface area contributed by atoms with Crippen molar-refractivity contribution >= 4 is 17.3 Å². The predicted molar refractivity (Wildman–Crippen MR) is 63.1 cm³/mol. The zero-order chi connectivity index (χ0) is 12.7. The van der Waals surface area contributed by atoms with Gasteiger partial charge in [-0.1, -0.05) is 23.0 Å². The topological polar surface area (TPSA) is 93.8 Å². The Morgan fingerprint density at radius 1 is 1.39 bits per heavy atom. The summed E-state index contributed by atoms with van der Waals surface area (Å²) in [6.45, 7) is 1.85. The Morgan fingerprint density at radius 3 is 2.67 bits per heavy atom. The van der Waals surface area contributed by atoms with Crippen LogP contribution in [-0.4, -0.2) is 36.3 Å². The Kier molecular flexibility index (Phi) is 2.58. The van der Waals surface area contributed by atoms with Crippen LogP contribution in [0.4, 0.5) is 0 Å². The Hall–Kier alpha value is -1.83. The lowest BCUT2D eigenvalue weighted by molar-refractivity contribution is 0.0687. The van der Waals surface area contributed by atoms with Crippen LogP contribution in [0, 0.1) is 6.92 Å². The van der Waals surface area contributed by atoms with E-state index in [0.717, 1.165) is 24.3 Å². The van der Waals surface area contributed by atoms with Gasteiger partial charge >= 0.3 is 5.97 Å². The fourth-order valence-electron chi connectivity index (χ4n) is 2.00. The Balaban J connectivity index is 2.11. The van der Waals surface area contributed by atoms with Crippen molar-refractivity contribution in [3.63, 3.8) is 0 Å². The van der Waals surface area contributed by atoms with Crippen molar-refractivity contribution in [3.05, 3.63) is 16.4 Å². The van der Waals surface area contributed by atoms with Gasteiger partial charge in [0.05, 0.1) is 5.69 Å². The summed E-state index contributed by atoms with van der Waals surface area (Å²) in [4.78, 5) is 11.2. The highest BCUT2D eigenvalue weighted by Gasteiger charge is 2.31. The normalized spacial score (nSPS) is 15.6. The molecule has 0 spiro atoms. The van der Waals surface area contributed by atoms with Crippen LogP contribution >= 0.6 is 11.3 Å². The van der Waals surface area contributed by atoms with Crippen molar-refractivity contribution < 1.29 is 9.90 Å². The number of carboxylic acids is 1. The van der Waals surface area contributed by atoms with Crippen LogP contribution in [-0.2, 0) is 0 Å². The quantitative estimate of drug-likeness (QED) is 0.901. The van der Waals surface area contributed by atoms with Crippen LogP contribution in [0.1, 0.15) is 46.4 Å². The van der Waals surface area contributed by atoms with Gasteiger partial charge in [-0.15, -0.1) is 15.3 Å². The minimum Gasteiger partial charge on any atom is -0.476 e. The van der Waals surface area contributed by atoms with Crippen LogP contribution in [0.15, 0.2) is 0 Å². The Labute approximate surface area is 106 Å². The largest absolute Gasteiger partial charge is 0.476 e. The highest BCUT2D eigenvalue weighted by molar-refractivity contribution is 7.13. The number of carbonyl (C=O) groups is 1. The van der Waals surface area contributed by atoms with Crippen molar-refractivity contribution in [2.24, 2.45) is 0 Å². The van der Waals surface area contributed by atoms with E-state index in [2.05, 4.69) is 20.5 Å². The van der Waals surface area contributed by atoms with E-state index in [1.807, 2.05) is 6.92 Å². The molecule has 1 N–H and O–H groups in total. The maximum atomic E-state index is 11.2. The van der Waals surface area contributed by atoms with Crippen LogP contribution < -0.4 is 0 Å². The van der Waals surface area contributed by atoms with Crippen molar-refractivity contribution in [2.45, 2.75) is 32.1 Å². The summed E-state index contributed by atoms with van der Waals surface area (Å²) in [7, 11) is 0. The summed E-state index contributed by atoms with van der Waals surface area (Å²) in [5, 5.41) is 26.1. The van der Waals surface area contributed by atoms with Gasteiger partial charge in [-0.2, -0.15) is 4.68 Å². The number of aromatic nitrogens is 5. The average Bonchev–Trinajstić information content (AvgIpc) is 2.82. The van der Waals surface area contributed by atoms with Gasteiger partial charge in [0.15, 0.2) is 5.69 Å². The molecular formula is C10H11N5O2S. The molecule has 94 valence electrons. The first kappa shape index (κ1) is 11.3. The first-order valence-electron chi connectivity index (χ1n) is 5.66. The summed E-state index contributed by atoms with van der Waals surface area (Å²) < 4.78 is 1.53. The van der Waals surface area contributed by atoms with E-state index < -0.39 is 5.97 Å². The maximum absolute atomic E-state index is 11.2. The lowest BCUT2D eigenvalue weighted by Crippen LogP contribution is -2.17. The molecule has 8 heteroatoms. The molecule has 18 heavy (non-hydrogen) atoms. The summed E-state index contributed by atoms with van der Waals surface area (Å²) in [5.74, 6) is -0.820. The third kappa shape index (κ3) is 1.69. The molecule has 0 radical (unpaired) electrons. The number of rotatable bonds is 3. The van der Waals surface area contributed by atoms with Crippen LogP contribution in [0.25, 0.3) is 5.13 Å². The molecule has 3 rings (SSSR count). The molecule has 1 aliphatic carbocycles. The lowest BCUT2D eigenvalue weighted by atomic mass is 9.82. The highest BCUT2D eigenvalue weighted by atomic mass is 32.1. The lowest BCUT2D eigenvalue weighted by Gasteiger charge is -2.25. The fourth-order valence-corrected chi connectivity index (χ4v) is 2.65. The second-order valence-electron chi connectivity index (χ2n) is 4.27. The molecule has 0 saturated heterocycles. The van der Waals surface area contributed by atoms with Crippen molar-refractivity contribution in [2.75, 3.05) is 0 Å². The number of hydrogen-bond donors (Lipinski definition) is 1. The number of aromatic carboxylic acids is 1. The molecule has 1 saturated carbocycles. The molecule has 0 aliphatic heterocycles. The van der Waals surface area contributed by atoms with E-state index in [-0.39, 0.29) is 11.6 Å². The van der Waals surface area contributed by atoms with Crippen LogP contribution in [0.5, 0.6) is 0 Å². The van der Waals surface area contributed by atoms with Crippen LogP contribution in [0.2, 0.25) is 0 Å². The second kappa shape index (κ2) is 4.13. The smallest absolute Gasteiger partial charge is 0.358 e. The van der Waals surface area contributed by atoms with E-state index in [1.165, 1.54) is 16.0 Å². The minimum absolute atomic E-state index is 0.0348. The average molecular weight is 265 g/mol. The zero-order valence-corrected chi connectivity index (χ0v) is 10.5. The summed E-state index contributed by atoms with van der Waals surface area (Å²) >= 11 is 1.38. The summed E-state index contributed by atoms with van der Waals surface area (Å²) in [6.07, 6.45) is 3.07. The van der Waals surface area contributed by atoms with Gasteiger partial charge in [0.2, 0.25) is 5.13 Å². The Morgan fingerprint density at radius 2 is 2.17 bits per heavy atom. The summed E-state index contributed by atoms with van der Waals surface area (Å²) in [5.41, 5.74) is 0.692. The SMILES string of the molecule is Cc1nnc(-n2nnc(C(=O)O)c2C2CCC2)s1. The molecular weight excluding hydrogens is 254 g/mol. The number of nitrogens with zero attached hydrogens (tertiary/aromatic N) is 5. The molecule has 1 aliphatic rings. The van der Waals surface area contributed by atoms with Gasteiger partial charge in [0, 0.05) is 5.92 Å². The molecule has 2 heterocycles. The van der Waals surface area contributed by atoms with E-state index in [4.69, 9.17) is 5.11 Å². The predicted octanol–water partition coefficient (Wildman–Crippen LogP) is 1.39. The third-order valence-corrected chi connectivity index (χ3v) is 3.91. The van der Waals surface area contributed by atoms with Gasteiger partial charge < -0.3 is 5.11 Å². The molecule has 0 unspecified atom stereocenters. The fraction of sp³-hybridized carbons (Fsp3) is 0.500. The molecule has 7 nitrogen and oxygen atoms in total. The minimum atomic E-state index is -1.04. The van der Waals surface area contributed by atoms with Gasteiger partial charge in [-0.05, 0) is 19.8 Å². The molecule has 2 aromatic rings. The zero-order valence-electron chi connectivity index (χ0n) is 9.70. The second-order valence-corrected chi connectivity index (χ2v) is 5.43. The molecule has 0 bridgehead atoms. The number of aryl methyl sites for hydroxylation is 1.